The summed E-state index contributed by atoms with van der Waals surface area (Å²) < 4.78 is 23.1. The van der Waals surface area contributed by atoms with Crippen molar-refractivity contribution in [3.63, 3.8) is 0 Å². The first kappa shape index (κ1) is 16.3. The lowest BCUT2D eigenvalue weighted by molar-refractivity contribution is 0.0936. The van der Waals surface area contributed by atoms with E-state index in [0.717, 1.165) is 19.3 Å². The van der Waals surface area contributed by atoms with Gasteiger partial charge >= 0.3 is 0 Å². The van der Waals surface area contributed by atoms with E-state index in [2.05, 4.69) is 12.2 Å². The maximum Gasteiger partial charge on any atom is 0.251 e. The number of amides is 1. The highest BCUT2D eigenvalue weighted by Gasteiger charge is 2.25. The molecule has 0 aliphatic heterocycles. The fourth-order valence-corrected chi connectivity index (χ4v) is 3.90. The van der Waals surface area contributed by atoms with Crippen LogP contribution in [0.25, 0.3) is 0 Å². The first-order valence-electron chi connectivity index (χ1n) is 6.82. The molecule has 3 N–H and O–H groups in total. The summed E-state index contributed by atoms with van der Waals surface area (Å²) in [6.07, 6.45) is 2.96. The molecule has 0 radical (unpaired) electrons. The van der Waals surface area contributed by atoms with Crippen molar-refractivity contribution in [2.75, 3.05) is 0 Å². The Balaban J connectivity index is 2.31. The predicted molar refractivity (Wildman–Crippen MR) is 81.8 cm³/mol. The van der Waals surface area contributed by atoms with Gasteiger partial charge in [0.05, 0.1) is 4.90 Å². The van der Waals surface area contributed by atoms with Crippen molar-refractivity contribution in [1.82, 2.24) is 5.32 Å². The first-order chi connectivity index (χ1) is 9.68. The Kier molecular flexibility index (Phi) is 4.60. The van der Waals surface area contributed by atoms with Crippen LogP contribution in [-0.4, -0.2) is 20.4 Å². The molecule has 1 amide bonds. The molecule has 0 saturated heterocycles. The number of hydrogen-bond donors (Lipinski definition) is 2. The number of rotatable bonds is 3. The minimum atomic E-state index is -3.91. The molecule has 1 aromatic rings. The largest absolute Gasteiger partial charge is 0.349 e. The number of nitrogens with one attached hydrogen (secondary N) is 1. The van der Waals surface area contributed by atoms with Gasteiger partial charge in [-0.05, 0) is 49.8 Å². The van der Waals surface area contributed by atoms with Crippen molar-refractivity contribution in [2.45, 2.75) is 44.0 Å². The smallest absolute Gasteiger partial charge is 0.251 e. The third kappa shape index (κ3) is 3.75. The molecule has 1 aliphatic carbocycles. The highest BCUT2D eigenvalue weighted by Crippen LogP contribution is 2.27. The van der Waals surface area contributed by atoms with E-state index in [1.807, 2.05) is 0 Å². The Morgan fingerprint density at radius 2 is 2.05 bits per heavy atom. The molecule has 2 rings (SSSR count). The van der Waals surface area contributed by atoms with Gasteiger partial charge in [-0.1, -0.05) is 18.5 Å². The Labute approximate surface area is 129 Å². The number of carbonyl (C=O) groups excluding carboxylic acids is 1. The van der Waals surface area contributed by atoms with Crippen molar-refractivity contribution in [3.8, 4) is 0 Å². The van der Waals surface area contributed by atoms with Crippen LogP contribution in [0.15, 0.2) is 17.0 Å². The van der Waals surface area contributed by atoms with E-state index >= 15 is 0 Å². The van der Waals surface area contributed by atoms with Gasteiger partial charge < -0.3 is 5.32 Å². The maximum atomic E-state index is 12.4. The Morgan fingerprint density at radius 1 is 1.38 bits per heavy atom. The van der Waals surface area contributed by atoms with Crippen molar-refractivity contribution in [3.05, 3.63) is 28.3 Å². The normalized spacial score (nSPS) is 22.3. The second kappa shape index (κ2) is 5.94. The summed E-state index contributed by atoms with van der Waals surface area (Å²) in [5, 5.41) is 8.27. The Hall–Kier alpha value is -1.11. The Morgan fingerprint density at radius 3 is 2.57 bits per heavy atom. The van der Waals surface area contributed by atoms with Crippen LogP contribution in [-0.2, 0) is 10.0 Å². The van der Waals surface area contributed by atoms with Crippen LogP contribution in [0.2, 0.25) is 5.02 Å². The molecule has 0 spiro atoms. The molecule has 7 heteroatoms. The molecular weight excluding hydrogens is 312 g/mol. The summed E-state index contributed by atoms with van der Waals surface area (Å²) in [7, 11) is -3.91. The van der Waals surface area contributed by atoms with Crippen LogP contribution >= 0.6 is 11.6 Å². The maximum absolute atomic E-state index is 12.4. The summed E-state index contributed by atoms with van der Waals surface area (Å²) in [5.74, 6) is 0.287. The summed E-state index contributed by atoms with van der Waals surface area (Å²) in [4.78, 5) is 12.2. The minimum Gasteiger partial charge on any atom is -0.349 e. The van der Waals surface area contributed by atoms with E-state index in [4.69, 9.17) is 16.7 Å². The zero-order chi connectivity index (χ0) is 15.8. The molecule has 116 valence electrons. The molecule has 0 bridgehead atoms. The van der Waals surface area contributed by atoms with Crippen LogP contribution < -0.4 is 10.5 Å². The highest BCUT2D eigenvalue weighted by atomic mass is 35.5. The van der Waals surface area contributed by atoms with Gasteiger partial charge in [-0.15, -0.1) is 0 Å². The summed E-state index contributed by atoms with van der Waals surface area (Å²) in [6, 6.07) is 2.86. The minimum absolute atomic E-state index is 0.111. The average Bonchev–Trinajstić information content (AvgIpc) is 2.75. The summed E-state index contributed by atoms with van der Waals surface area (Å²) in [6.45, 7) is 3.71. The SMILES string of the molecule is Cc1c(C(=O)NC2CCC(C)C2)cc(Cl)cc1S(N)(=O)=O. The molecule has 1 aliphatic rings. The fourth-order valence-electron chi connectivity index (χ4n) is 2.79. The lowest BCUT2D eigenvalue weighted by Gasteiger charge is -2.15. The van der Waals surface area contributed by atoms with E-state index in [9.17, 15) is 13.2 Å². The predicted octanol–water partition coefficient (Wildman–Crippen LogP) is 2.21. The fraction of sp³-hybridized carbons (Fsp3) is 0.500. The molecule has 1 aromatic carbocycles. The molecule has 5 nitrogen and oxygen atoms in total. The molecule has 0 aromatic heterocycles. The summed E-state index contributed by atoms with van der Waals surface area (Å²) in [5.41, 5.74) is 0.580. The van der Waals surface area contributed by atoms with Crippen LogP contribution in [0.1, 0.15) is 42.1 Å². The molecule has 1 saturated carbocycles. The number of nitrogens with two attached hydrogens (primary N) is 1. The van der Waals surface area contributed by atoms with Gasteiger partial charge in [0.25, 0.3) is 5.91 Å². The Bertz CT molecular complexity index is 673. The van der Waals surface area contributed by atoms with Gasteiger partial charge in [0.1, 0.15) is 0 Å². The second-order valence-corrected chi connectivity index (χ2v) is 7.68. The number of hydrogen-bond acceptors (Lipinski definition) is 3. The van der Waals surface area contributed by atoms with Crippen molar-refractivity contribution in [1.29, 1.82) is 0 Å². The molecular formula is C14H19ClN2O3S. The molecule has 2 unspecified atom stereocenters. The lowest BCUT2D eigenvalue weighted by Crippen LogP contribution is -2.33. The van der Waals surface area contributed by atoms with E-state index in [1.54, 1.807) is 6.92 Å². The monoisotopic (exact) mass is 330 g/mol. The van der Waals surface area contributed by atoms with Crippen molar-refractivity contribution >= 4 is 27.5 Å². The van der Waals surface area contributed by atoms with E-state index in [-0.39, 0.29) is 27.4 Å². The van der Waals surface area contributed by atoms with Crippen LogP contribution in [0.5, 0.6) is 0 Å². The number of sulfonamides is 1. The quantitative estimate of drug-likeness (QED) is 0.890. The van der Waals surface area contributed by atoms with Crippen LogP contribution in [0.3, 0.4) is 0 Å². The van der Waals surface area contributed by atoms with Gasteiger partial charge in [0, 0.05) is 16.6 Å². The zero-order valence-electron chi connectivity index (χ0n) is 12.0. The van der Waals surface area contributed by atoms with Gasteiger partial charge in [-0.25, -0.2) is 13.6 Å². The molecule has 0 heterocycles. The number of benzene rings is 1. The topological polar surface area (TPSA) is 89.3 Å². The van der Waals surface area contributed by atoms with Crippen molar-refractivity contribution in [2.24, 2.45) is 11.1 Å². The summed E-state index contributed by atoms with van der Waals surface area (Å²) >= 11 is 5.91. The molecule has 2 atom stereocenters. The van der Waals surface area contributed by atoms with Gasteiger partial charge in [0.15, 0.2) is 0 Å². The van der Waals surface area contributed by atoms with E-state index < -0.39 is 10.0 Å². The molecule has 1 fully saturated rings. The van der Waals surface area contributed by atoms with E-state index in [0.29, 0.717) is 11.5 Å². The highest BCUT2D eigenvalue weighted by molar-refractivity contribution is 7.89. The number of halogens is 1. The third-order valence-corrected chi connectivity index (χ3v) is 5.16. The van der Waals surface area contributed by atoms with Crippen molar-refractivity contribution < 1.29 is 13.2 Å². The number of carbonyl (C=O) groups is 1. The zero-order valence-corrected chi connectivity index (χ0v) is 13.6. The standard InChI is InChI=1S/C14H19ClN2O3S/c1-8-3-4-11(5-8)17-14(18)12-6-10(15)7-13(9(12)2)21(16,19)20/h6-8,11H,3-5H2,1-2H3,(H,17,18)(H2,16,19,20). The van der Waals surface area contributed by atoms with Crippen LogP contribution in [0.4, 0.5) is 0 Å². The third-order valence-electron chi connectivity index (χ3n) is 3.91. The van der Waals surface area contributed by atoms with Crippen LogP contribution in [0, 0.1) is 12.8 Å². The average molecular weight is 331 g/mol. The number of primary sulfonamides is 1. The van der Waals surface area contributed by atoms with Gasteiger partial charge in [-0.3, -0.25) is 4.79 Å². The van der Waals surface area contributed by atoms with Gasteiger partial charge in [-0.2, -0.15) is 0 Å². The van der Waals surface area contributed by atoms with E-state index in [1.165, 1.54) is 12.1 Å². The first-order valence-corrected chi connectivity index (χ1v) is 8.74. The van der Waals surface area contributed by atoms with Gasteiger partial charge in [0.2, 0.25) is 10.0 Å². The lowest BCUT2D eigenvalue weighted by atomic mass is 10.1. The second-order valence-electron chi connectivity index (χ2n) is 5.71. The molecule has 21 heavy (non-hydrogen) atoms.